The quantitative estimate of drug-likeness (QED) is 0.756. The Hall–Kier alpha value is -2.02. The highest BCUT2D eigenvalue weighted by atomic mass is 16.3. The summed E-state index contributed by atoms with van der Waals surface area (Å²) in [7, 11) is 0. The van der Waals surface area contributed by atoms with Gasteiger partial charge in [-0.2, -0.15) is 0 Å². The molecule has 0 bridgehead atoms. The highest BCUT2D eigenvalue weighted by molar-refractivity contribution is 5.82. The van der Waals surface area contributed by atoms with Gasteiger partial charge in [-0.25, -0.2) is 0 Å². The van der Waals surface area contributed by atoms with Crippen LogP contribution in [-0.2, 0) is 0 Å². The van der Waals surface area contributed by atoms with E-state index in [-0.39, 0.29) is 0 Å². The minimum absolute atomic E-state index is 0.334. The van der Waals surface area contributed by atoms with Crippen molar-refractivity contribution in [1.82, 2.24) is 0 Å². The molecule has 2 rings (SSSR count). The van der Waals surface area contributed by atoms with Crippen molar-refractivity contribution < 1.29 is 5.11 Å². The molecule has 17 heavy (non-hydrogen) atoms. The first-order chi connectivity index (χ1) is 8.16. The van der Waals surface area contributed by atoms with Gasteiger partial charge in [0.05, 0.1) is 0 Å². The molecule has 0 fully saturated rings. The highest BCUT2D eigenvalue weighted by Crippen LogP contribution is 2.27. The van der Waals surface area contributed by atoms with Crippen LogP contribution in [-0.4, -0.2) is 5.11 Å². The average molecular weight is 224 g/mol. The molecule has 0 amide bonds. The van der Waals surface area contributed by atoms with Gasteiger partial charge in [0.2, 0.25) is 0 Å². The molecule has 1 nitrogen and oxygen atoms in total. The summed E-state index contributed by atoms with van der Waals surface area (Å²) in [5, 5.41) is 9.84. The topological polar surface area (TPSA) is 20.2 Å². The van der Waals surface area contributed by atoms with E-state index in [0.29, 0.717) is 5.75 Å². The second kappa shape index (κ2) is 4.88. The second-order valence-corrected chi connectivity index (χ2v) is 4.26. The molecule has 0 aliphatic rings. The Morgan fingerprint density at radius 3 is 2.47 bits per heavy atom. The van der Waals surface area contributed by atoms with Gasteiger partial charge in [-0.1, -0.05) is 48.0 Å². The van der Waals surface area contributed by atoms with Crippen LogP contribution in [0.25, 0.3) is 11.6 Å². The zero-order valence-electron chi connectivity index (χ0n) is 10.1. The van der Waals surface area contributed by atoms with E-state index >= 15 is 0 Å². The number of rotatable bonds is 2. The molecule has 0 spiro atoms. The van der Waals surface area contributed by atoms with Crippen LogP contribution < -0.4 is 0 Å². The monoisotopic (exact) mass is 224 g/mol. The Labute approximate surface area is 102 Å². The van der Waals surface area contributed by atoms with Crippen molar-refractivity contribution in [3.05, 3.63) is 65.2 Å². The van der Waals surface area contributed by atoms with Crippen LogP contribution in [0.5, 0.6) is 5.75 Å². The van der Waals surface area contributed by atoms with Crippen molar-refractivity contribution >= 4 is 11.6 Å². The maximum absolute atomic E-state index is 9.84. The second-order valence-electron chi connectivity index (χ2n) is 4.26. The SMILES string of the molecule is CC(=Cc1ccccc1)c1cc(C)ccc1O. The summed E-state index contributed by atoms with van der Waals surface area (Å²) in [6, 6.07) is 15.8. The van der Waals surface area contributed by atoms with Crippen LogP contribution in [0.15, 0.2) is 48.5 Å². The molecule has 2 aromatic carbocycles. The highest BCUT2D eigenvalue weighted by Gasteiger charge is 2.03. The van der Waals surface area contributed by atoms with Gasteiger partial charge in [0.1, 0.15) is 5.75 Å². The number of aromatic hydroxyl groups is 1. The third kappa shape index (κ3) is 2.76. The Bertz CT molecular complexity index is 539. The lowest BCUT2D eigenvalue weighted by Gasteiger charge is -2.06. The molecule has 0 saturated heterocycles. The first kappa shape index (κ1) is 11.5. The normalized spacial score (nSPS) is 11.5. The summed E-state index contributed by atoms with van der Waals surface area (Å²) in [5.74, 6) is 0.334. The summed E-state index contributed by atoms with van der Waals surface area (Å²) in [6.07, 6.45) is 2.08. The lowest BCUT2D eigenvalue weighted by molar-refractivity contribution is 0.473. The van der Waals surface area contributed by atoms with E-state index in [2.05, 4.69) is 18.2 Å². The largest absolute Gasteiger partial charge is 0.507 e. The van der Waals surface area contributed by atoms with E-state index in [1.54, 1.807) is 6.07 Å². The summed E-state index contributed by atoms with van der Waals surface area (Å²) < 4.78 is 0. The molecule has 0 heterocycles. The molecule has 0 aliphatic carbocycles. The smallest absolute Gasteiger partial charge is 0.123 e. The summed E-state index contributed by atoms with van der Waals surface area (Å²) in [6.45, 7) is 4.04. The number of benzene rings is 2. The fraction of sp³-hybridized carbons (Fsp3) is 0.125. The van der Waals surface area contributed by atoms with E-state index in [9.17, 15) is 5.11 Å². The maximum atomic E-state index is 9.84. The third-order valence-electron chi connectivity index (χ3n) is 2.76. The zero-order valence-corrected chi connectivity index (χ0v) is 10.1. The van der Waals surface area contributed by atoms with Crippen LogP contribution in [0.3, 0.4) is 0 Å². The van der Waals surface area contributed by atoms with Gasteiger partial charge in [0, 0.05) is 5.56 Å². The van der Waals surface area contributed by atoms with Crippen LogP contribution in [0.2, 0.25) is 0 Å². The first-order valence-electron chi connectivity index (χ1n) is 5.70. The molecule has 2 aromatic rings. The molecule has 1 heteroatoms. The number of allylic oxidation sites excluding steroid dienone is 1. The molecular formula is C16H16O. The first-order valence-corrected chi connectivity index (χ1v) is 5.70. The molecule has 0 aliphatic heterocycles. The Balaban J connectivity index is 2.40. The van der Waals surface area contributed by atoms with Crippen LogP contribution in [0.1, 0.15) is 23.6 Å². The van der Waals surface area contributed by atoms with Gasteiger partial charge in [-0.15, -0.1) is 0 Å². The number of aryl methyl sites for hydroxylation is 1. The van der Waals surface area contributed by atoms with Crippen molar-refractivity contribution in [2.24, 2.45) is 0 Å². The third-order valence-corrected chi connectivity index (χ3v) is 2.76. The Morgan fingerprint density at radius 1 is 1.06 bits per heavy atom. The van der Waals surface area contributed by atoms with Crippen LogP contribution in [0.4, 0.5) is 0 Å². The lowest BCUT2D eigenvalue weighted by atomic mass is 10.0. The van der Waals surface area contributed by atoms with E-state index in [1.165, 1.54) is 0 Å². The molecular weight excluding hydrogens is 208 g/mol. The summed E-state index contributed by atoms with van der Waals surface area (Å²) >= 11 is 0. The fourth-order valence-electron chi connectivity index (χ4n) is 1.84. The standard InChI is InChI=1S/C16H16O/c1-12-8-9-16(17)15(10-12)13(2)11-14-6-4-3-5-7-14/h3-11,17H,1-2H3. The van der Waals surface area contributed by atoms with Crippen LogP contribution >= 0.6 is 0 Å². The van der Waals surface area contributed by atoms with Gasteiger partial charge in [-0.3, -0.25) is 0 Å². The molecule has 1 N–H and O–H groups in total. The van der Waals surface area contributed by atoms with E-state index < -0.39 is 0 Å². The summed E-state index contributed by atoms with van der Waals surface area (Å²) in [5.41, 5.74) is 4.26. The van der Waals surface area contributed by atoms with E-state index in [0.717, 1.165) is 22.3 Å². The zero-order chi connectivity index (χ0) is 12.3. The summed E-state index contributed by atoms with van der Waals surface area (Å²) in [4.78, 5) is 0. The molecule has 0 saturated carbocycles. The van der Waals surface area contributed by atoms with Crippen molar-refractivity contribution in [2.75, 3.05) is 0 Å². The number of hydrogen-bond donors (Lipinski definition) is 1. The number of hydrogen-bond acceptors (Lipinski definition) is 1. The van der Waals surface area contributed by atoms with Gasteiger partial charge in [0.25, 0.3) is 0 Å². The van der Waals surface area contributed by atoms with Gasteiger partial charge < -0.3 is 5.11 Å². The van der Waals surface area contributed by atoms with E-state index in [4.69, 9.17) is 0 Å². The molecule has 86 valence electrons. The Morgan fingerprint density at radius 2 is 1.76 bits per heavy atom. The van der Waals surface area contributed by atoms with Crippen molar-refractivity contribution in [1.29, 1.82) is 0 Å². The Kier molecular flexibility index (Phi) is 3.29. The fourth-order valence-corrected chi connectivity index (χ4v) is 1.84. The molecule has 0 aromatic heterocycles. The lowest BCUT2D eigenvalue weighted by Crippen LogP contribution is -1.83. The molecule has 0 radical (unpaired) electrons. The predicted molar refractivity (Wildman–Crippen MR) is 72.8 cm³/mol. The number of phenols is 1. The molecule has 0 atom stereocenters. The van der Waals surface area contributed by atoms with Crippen molar-refractivity contribution in [2.45, 2.75) is 13.8 Å². The maximum Gasteiger partial charge on any atom is 0.123 e. The van der Waals surface area contributed by atoms with Gasteiger partial charge >= 0.3 is 0 Å². The predicted octanol–water partition coefficient (Wildman–Crippen LogP) is 4.26. The van der Waals surface area contributed by atoms with Crippen molar-refractivity contribution in [3.63, 3.8) is 0 Å². The van der Waals surface area contributed by atoms with Crippen molar-refractivity contribution in [3.8, 4) is 5.75 Å². The average Bonchev–Trinajstić information content (AvgIpc) is 2.33. The van der Waals surface area contributed by atoms with Gasteiger partial charge in [0.15, 0.2) is 0 Å². The minimum atomic E-state index is 0.334. The molecule has 0 unspecified atom stereocenters. The van der Waals surface area contributed by atoms with Gasteiger partial charge in [-0.05, 0) is 37.1 Å². The van der Waals surface area contributed by atoms with Crippen LogP contribution in [0, 0.1) is 6.92 Å². The number of phenolic OH excluding ortho intramolecular Hbond substituents is 1. The van der Waals surface area contributed by atoms with E-state index in [1.807, 2.05) is 44.2 Å². The minimum Gasteiger partial charge on any atom is -0.507 e.